The number of hydrogen-bond donors (Lipinski definition) is 5. The zero-order chi connectivity index (χ0) is 19.9. The van der Waals surface area contributed by atoms with Gasteiger partial charge in [-0.3, -0.25) is 5.43 Å². The fourth-order valence-corrected chi connectivity index (χ4v) is 2.39. The number of amides is 4. The maximum atomic E-state index is 11.9. The highest BCUT2D eigenvalue weighted by molar-refractivity contribution is 5.89. The Morgan fingerprint density at radius 3 is 1.63 bits per heavy atom. The second-order valence-corrected chi connectivity index (χ2v) is 6.98. The molecule has 2 aromatic carbocycles. The number of urea groups is 2. The molecule has 0 heterocycles. The Kier molecular flexibility index (Phi) is 6.75. The highest BCUT2D eigenvalue weighted by Gasteiger charge is 2.12. The molecule has 0 atom stereocenters. The number of nitrogens with one attached hydrogen (secondary N) is 5. The molecule has 0 saturated heterocycles. The lowest BCUT2D eigenvalue weighted by Crippen LogP contribution is -2.52. The number of hydrazine groups is 1. The lowest BCUT2D eigenvalue weighted by Gasteiger charge is -2.23. The lowest BCUT2D eigenvalue weighted by molar-refractivity contribution is -0.905. The Labute approximate surface area is 159 Å². The molecule has 0 aliphatic carbocycles. The Morgan fingerprint density at radius 1 is 0.778 bits per heavy atom. The van der Waals surface area contributed by atoms with Crippen LogP contribution in [0.25, 0.3) is 0 Å². The molecule has 4 amide bonds. The van der Waals surface area contributed by atoms with E-state index in [4.69, 9.17) is 0 Å². The minimum atomic E-state index is -0.317. The van der Waals surface area contributed by atoms with Crippen LogP contribution < -0.4 is 26.9 Å². The highest BCUT2D eigenvalue weighted by Crippen LogP contribution is 2.16. The van der Waals surface area contributed by atoms with Crippen LogP contribution in [0.15, 0.2) is 48.5 Å². The van der Waals surface area contributed by atoms with Crippen LogP contribution in [0.1, 0.15) is 11.1 Å². The van der Waals surface area contributed by atoms with Gasteiger partial charge >= 0.3 is 12.1 Å². The minimum Gasteiger partial charge on any atom is -0.307 e. The average molecular weight is 371 g/mol. The highest BCUT2D eigenvalue weighted by atomic mass is 16.2. The second kappa shape index (κ2) is 9.02. The summed E-state index contributed by atoms with van der Waals surface area (Å²) in [7, 11) is 7.24. The molecule has 0 unspecified atom stereocenters. The maximum absolute atomic E-state index is 11.9. The summed E-state index contributed by atoms with van der Waals surface area (Å²) in [5.41, 5.74) is 11.5. The first-order chi connectivity index (χ1) is 12.7. The Bertz CT molecular complexity index is 766. The maximum Gasteiger partial charge on any atom is 0.363 e. The van der Waals surface area contributed by atoms with Crippen molar-refractivity contribution in [2.45, 2.75) is 6.42 Å². The normalized spacial score (nSPS) is 10.8. The van der Waals surface area contributed by atoms with E-state index < -0.39 is 0 Å². The number of rotatable bonds is 6. The molecule has 2 aromatic rings. The Morgan fingerprint density at radius 2 is 1.22 bits per heavy atom. The van der Waals surface area contributed by atoms with Crippen molar-refractivity contribution >= 4 is 23.4 Å². The summed E-state index contributed by atoms with van der Waals surface area (Å²) in [6.07, 6.45) is 0.758. The van der Waals surface area contributed by atoms with Crippen LogP contribution >= 0.6 is 0 Å². The van der Waals surface area contributed by atoms with Crippen molar-refractivity contribution in [3.05, 3.63) is 59.7 Å². The molecule has 144 valence electrons. The van der Waals surface area contributed by atoms with Gasteiger partial charge in [-0.1, -0.05) is 24.3 Å². The first-order valence-electron chi connectivity index (χ1n) is 8.57. The zero-order valence-electron chi connectivity index (χ0n) is 16.1. The summed E-state index contributed by atoms with van der Waals surface area (Å²) in [5, 5.41) is 5.52. The molecule has 0 fully saturated rings. The van der Waals surface area contributed by atoms with Gasteiger partial charge in [0.2, 0.25) is 0 Å². The van der Waals surface area contributed by atoms with Gasteiger partial charge in [0.05, 0.1) is 21.1 Å². The van der Waals surface area contributed by atoms with Crippen LogP contribution in [0.2, 0.25) is 0 Å². The first-order valence-corrected chi connectivity index (χ1v) is 8.57. The number of anilines is 2. The minimum absolute atomic E-state index is 0.249. The molecule has 0 aromatic heterocycles. The van der Waals surface area contributed by atoms with Gasteiger partial charge in [0.25, 0.3) is 0 Å². The average Bonchev–Trinajstić information content (AvgIpc) is 2.57. The van der Waals surface area contributed by atoms with E-state index in [1.807, 2.05) is 69.7 Å². The number of hydrogen-bond acceptors (Lipinski definition) is 3. The van der Waals surface area contributed by atoms with Crippen LogP contribution in [0.5, 0.6) is 0 Å². The molecule has 0 aliphatic heterocycles. The molecule has 0 saturated carbocycles. The third-order valence-electron chi connectivity index (χ3n) is 3.51. The predicted octanol–water partition coefficient (Wildman–Crippen LogP) is 2.28. The molecule has 8 nitrogen and oxygen atoms in total. The molecule has 0 aliphatic rings. The van der Waals surface area contributed by atoms with E-state index >= 15 is 0 Å². The largest absolute Gasteiger partial charge is 0.363 e. The van der Waals surface area contributed by atoms with E-state index in [0.717, 1.165) is 23.2 Å². The molecular weight excluding hydrogens is 344 g/mol. The van der Waals surface area contributed by atoms with Gasteiger partial charge < -0.3 is 10.6 Å². The molecule has 0 spiro atoms. The molecule has 5 N–H and O–H groups in total. The van der Waals surface area contributed by atoms with E-state index in [0.29, 0.717) is 10.3 Å². The lowest BCUT2D eigenvalue weighted by atomic mass is 10.0. The van der Waals surface area contributed by atoms with E-state index in [1.54, 1.807) is 7.05 Å². The van der Waals surface area contributed by atoms with Crippen LogP contribution in [-0.4, -0.2) is 44.8 Å². The summed E-state index contributed by atoms with van der Waals surface area (Å²) in [5.74, 6) is 0. The SMILES string of the molecule is CNNC(=O)Nc1ccc(Cc2ccc(NC(=O)N[N+](C)(C)C)cc2)cc1. The fourth-order valence-electron chi connectivity index (χ4n) is 2.39. The van der Waals surface area contributed by atoms with Crippen LogP contribution in [0.3, 0.4) is 0 Å². The van der Waals surface area contributed by atoms with Gasteiger partial charge in [-0.2, -0.15) is 5.43 Å². The number of quaternary nitrogens is 1. The van der Waals surface area contributed by atoms with Gasteiger partial charge in [-0.25, -0.2) is 19.6 Å². The third kappa shape index (κ3) is 7.35. The van der Waals surface area contributed by atoms with Crippen molar-refractivity contribution in [2.24, 2.45) is 0 Å². The summed E-state index contributed by atoms with van der Waals surface area (Å²) in [6.45, 7) is 0. The van der Waals surface area contributed by atoms with E-state index in [1.165, 1.54) is 0 Å². The number of benzene rings is 2. The first kappa shape index (κ1) is 20.2. The Balaban J connectivity index is 1.90. The summed E-state index contributed by atoms with van der Waals surface area (Å²) in [6, 6.07) is 14.8. The van der Waals surface area contributed by atoms with Gasteiger partial charge in [-0.05, 0) is 41.8 Å². The monoisotopic (exact) mass is 371 g/mol. The van der Waals surface area contributed by atoms with Crippen LogP contribution in [-0.2, 0) is 6.42 Å². The van der Waals surface area contributed by atoms with Crippen molar-refractivity contribution in [2.75, 3.05) is 38.8 Å². The van der Waals surface area contributed by atoms with Crippen LogP contribution in [0, 0.1) is 0 Å². The zero-order valence-corrected chi connectivity index (χ0v) is 16.1. The molecule has 8 heteroatoms. The van der Waals surface area contributed by atoms with E-state index in [9.17, 15) is 9.59 Å². The molecule has 27 heavy (non-hydrogen) atoms. The van der Waals surface area contributed by atoms with Crippen LogP contribution in [0.4, 0.5) is 21.0 Å². The molecule has 0 radical (unpaired) electrons. The molecule has 2 rings (SSSR count). The number of carbonyl (C=O) groups excluding carboxylic acids is 2. The van der Waals surface area contributed by atoms with Crippen molar-refractivity contribution in [1.29, 1.82) is 0 Å². The number of carbonyl (C=O) groups is 2. The van der Waals surface area contributed by atoms with Gasteiger partial charge in [0.15, 0.2) is 0 Å². The Hall–Kier alpha value is -3.10. The van der Waals surface area contributed by atoms with E-state index in [-0.39, 0.29) is 12.1 Å². The van der Waals surface area contributed by atoms with Crippen molar-refractivity contribution in [3.63, 3.8) is 0 Å². The van der Waals surface area contributed by atoms with E-state index in [2.05, 4.69) is 26.9 Å². The smallest absolute Gasteiger partial charge is 0.307 e. The fraction of sp³-hybridized carbons (Fsp3) is 0.263. The topological polar surface area (TPSA) is 94.3 Å². The standard InChI is InChI=1S/C19H26N6O2/c1-20-23-18(26)21-16-9-5-14(6-10-16)13-15-7-11-17(12-8-15)22-19(27)24-25(2,3)4/h5-12,20H,13H2,1-4H3,(H3-,21,22,23,24,26,27)/p+1. The predicted molar refractivity (Wildman–Crippen MR) is 107 cm³/mol. The summed E-state index contributed by atoms with van der Waals surface area (Å²) >= 11 is 0. The van der Waals surface area contributed by atoms with Crippen molar-refractivity contribution in [1.82, 2.24) is 16.3 Å². The number of nitrogens with zero attached hydrogens (tertiary/aromatic N) is 1. The summed E-state index contributed by atoms with van der Waals surface area (Å²) < 4.78 is 0.339. The van der Waals surface area contributed by atoms with Gasteiger partial charge in [0, 0.05) is 18.4 Å². The molecular formula is C19H27N6O2+. The van der Waals surface area contributed by atoms with Gasteiger partial charge in [-0.15, -0.1) is 0 Å². The molecule has 0 bridgehead atoms. The van der Waals surface area contributed by atoms with Crippen molar-refractivity contribution < 1.29 is 14.2 Å². The third-order valence-corrected chi connectivity index (χ3v) is 3.51. The van der Waals surface area contributed by atoms with Gasteiger partial charge in [0.1, 0.15) is 0 Å². The summed E-state index contributed by atoms with van der Waals surface area (Å²) in [4.78, 5) is 23.3. The van der Waals surface area contributed by atoms with Crippen molar-refractivity contribution in [3.8, 4) is 0 Å². The second-order valence-electron chi connectivity index (χ2n) is 6.98. The quantitative estimate of drug-likeness (QED) is 0.398.